The molecule has 0 unspecified atom stereocenters. The van der Waals surface area contributed by atoms with Crippen molar-refractivity contribution >= 4 is 32.4 Å². The molecule has 1 amide bonds. The van der Waals surface area contributed by atoms with Gasteiger partial charge in [-0.2, -0.15) is 4.31 Å². The number of anilines is 1. The maximum Gasteiger partial charge on any atom is 0.243 e. The predicted octanol–water partition coefficient (Wildman–Crippen LogP) is 2.26. The SMILES string of the molecule is COc1ccc(S(=O)(=O)N2CCc3nc(NC(=O)C4CC4)sc3C2)cc1OC. The van der Waals surface area contributed by atoms with Gasteiger partial charge in [0.25, 0.3) is 0 Å². The summed E-state index contributed by atoms with van der Waals surface area (Å²) in [6.45, 7) is 0.576. The van der Waals surface area contributed by atoms with E-state index in [2.05, 4.69) is 10.3 Å². The Morgan fingerprint density at radius 3 is 2.68 bits per heavy atom. The van der Waals surface area contributed by atoms with Gasteiger partial charge in [0.2, 0.25) is 15.9 Å². The van der Waals surface area contributed by atoms with E-state index in [1.807, 2.05) is 0 Å². The summed E-state index contributed by atoms with van der Waals surface area (Å²) < 4.78 is 38.0. The molecule has 0 saturated heterocycles. The molecule has 1 aliphatic carbocycles. The summed E-state index contributed by atoms with van der Waals surface area (Å²) in [6, 6.07) is 4.57. The van der Waals surface area contributed by atoms with Crippen LogP contribution in [0.25, 0.3) is 0 Å². The van der Waals surface area contributed by atoms with Crippen molar-refractivity contribution in [3.05, 3.63) is 28.8 Å². The molecule has 0 bridgehead atoms. The lowest BCUT2D eigenvalue weighted by atomic mass is 10.2. The molecule has 1 fully saturated rings. The second-order valence-corrected chi connectivity index (χ2v) is 9.78. The fourth-order valence-corrected chi connectivity index (χ4v) is 5.64. The maximum atomic E-state index is 13.1. The van der Waals surface area contributed by atoms with Crippen molar-refractivity contribution in [1.82, 2.24) is 9.29 Å². The number of nitrogens with zero attached hydrogens (tertiary/aromatic N) is 2. The molecule has 0 radical (unpaired) electrons. The van der Waals surface area contributed by atoms with E-state index in [-0.39, 0.29) is 23.3 Å². The van der Waals surface area contributed by atoms with Gasteiger partial charge < -0.3 is 14.8 Å². The highest BCUT2D eigenvalue weighted by Crippen LogP contribution is 2.35. The Hall–Kier alpha value is -2.17. The van der Waals surface area contributed by atoms with E-state index in [0.717, 1.165) is 23.4 Å². The van der Waals surface area contributed by atoms with Crippen LogP contribution >= 0.6 is 11.3 Å². The van der Waals surface area contributed by atoms with Gasteiger partial charge >= 0.3 is 0 Å². The van der Waals surface area contributed by atoms with Gasteiger partial charge in [0, 0.05) is 29.8 Å². The lowest BCUT2D eigenvalue weighted by molar-refractivity contribution is -0.117. The summed E-state index contributed by atoms with van der Waals surface area (Å²) in [7, 11) is -0.720. The van der Waals surface area contributed by atoms with Crippen molar-refractivity contribution in [1.29, 1.82) is 0 Å². The van der Waals surface area contributed by atoms with E-state index in [0.29, 0.717) is 29.6 Å². The molecule has 4 rings (SSSR count). The number of ether oxygens (including phenoxy) is 2. The Bertz CT molecular complexity index is 1010. The minimum atomic E-state index is -3.69. The van der Waals surface area contributed by atoms with Crippen molar-refractivity contribution in [2.45, 2.75) is 30.7 Å². The van der Waals surface area contributed by atoms with Gasteiger partial charge in [-0.1, -0.05) is 0 Å². The highest BCUT2D eigenvalue weighted by molar-refractivity contribution is 7.89. The van der Waals surface area contributed by atoms with Gasteiger partial charge in [-0.25, -0.2) is 13.4 Å². The van der Waals surface area contributed by atoms with Crippen LogP contribution in [-0.4, -0.2) is 44.4 Å². The minimum absolute atomic E-state index is 0.000836. The van der Waals surface area contributed by atoms with Crippen LogP contribution in [0, 0.1) is 5.92 Å². The summed E-state index contributed by atoms with van der Waals surface area (Å²) in [5.74, 6) is 0.939. The van der Waals surface area contributed by atoms with Crippen molar-refractivity contribution in [3.63, 3.8) is 0 Å². The number of thiazole rings is 1. The van der Waals surface area contributed by atoms with Crippen LogP contribution in [0.15, 0.2) is 23.1 Å². The van der Waals surface area contributed by atoms with Gasteiger partial charge in [0.1, 0.15) is 0 Å². The van der Waals surface area contributed by atoms with E-state index < -0.39 is 10.0 Å². The third kappa shape index (κ3) is 3.59. The molecule has 0 spiro atoms. The zero-order chi connectivity index (χ0) is 19.9. The van der Waals surface area contributed by atoms with Crippen LogP contribution < -0.4 is 14.8 Å². The highest BCUT2D eigenvalue weighted by atomic mass is 32.2. The molecular formula is C18H21N3O5S2. The number of hydrogen-bond donors (Lipinski definition) is 1. The molecule has 1 N–H and O–H groups in total. The quantitative estimate of drug-likeness (QED) is 0.765. The number of sulfonamides is 1. The van der Waals surface area contributed by atoms with Crippen LogP contribution in [0.4, 0.5) is 5.13 Å². The monoisotopic (exact) mass is 423 g/mol. The average Bonchev–Trinajstić information content (AvgIpc) is 3.47. The number of carbonyl (C=O) groups excluding carboxylic acids is 1. The standard InChI is InChI=1S/C18H21N3O5S2/c1-25-14-6-5-12(9-15(14)26-2)28(23,24)21-8-7-13-16(10-21)27-18(19-13)20-17(22)11-3-4-11/h5-6,9,11H,3-4,7-8,10H2,1-2H3,(H,19,20,22). The molecule has 28 heavy (non-hydrogen) atoms. The summed E-state index contributed by atoms with van der Waals surface area (Å²) in [4.78, 5) is 17.4. The Morgan fingerprint density at radius 2 is 2.00 bits per heavy atom. The second kappa shape index (κ2) is 7.34. The van der Waals surface area contributed by atoms with Crippen LogP contribution in [-0.2, 0) is 27.8 Å². The third-order valence-corrected chi connectivity index (χ3v) is 7.71. The van der Waals surface area contributed by atoms with Gasteiger partial charge in [0.05, 0.1) is 31.4 Å². The Kier molecular flexibility index (Phi) is 5.02. The van der Waals surface area contributed by atoms with Crippen molar-refractivity contribution in [3.8, 4) is 11.5 Å². The normalized spacial score (nSPS) is 17.1. The topological polar surface area (TPSA) is 97.8 Å². The first-order chi connectivity index (χ1) is 13.4. The molecule has 150 valence electrons. The Morgan fingerprint density at radius 1 is 1.25 bits per heavy atom. The molecule has 1 aromatic carbocycles. The maximum absolute atomic E-state index is 13.1. The molecule has 2 aromatic rings. The summed E-state index contributed by atoms with van der Waals surface area (Å²) in [5, 5.41) is 3.39. The van der Waals surface area contributed by atoms with Crippen LogP contribution in [0.2, 0.25) is 0 Å². The van der Waals surface area contributed by atoms with E-state index in [1.165, 1.54) is 42.0 Å². The first-order valence-electron chi connectivity index (χ1n) is 8.94. The molecule has 2 heterocycles. The fraction of sp³-hybridized carbons (Fsp3) is 0.444. The molecule has 1 aliphatic heterocycles. The molecule has 1 saturated carbocycles. The number of methoxy groups -OCH3 is 2. The average molecular weight is 424 g/mol. The summed E-state index contributed by atoms with van der Waals surface area (Å²) in [5.41, 5.74) is 0.856. The van der Waals surface area contributed by atoms with Crippen molar-refractivity contribution < 1.29 is 22.7 Å². The van der Waals surface area contributed by atoms with E-state index in [1.54, 1.807) is 6.07 Å². The van der Waals surface area contributed by atoms with Crippen molar-refractivity contribution in [2.24, 2.45) is 5.92 Å². The lowest BCUT2D eigenvalue weighted by Gasteiger charge is -2.25. The zero-order valence-corrected chi connectivity index (χ0v) is 17.2. The fourth-order valence-electron chi connectivity index (χ4n) is 3.11. The highest BCUT2D eigenvalue weighted by Gasteiger charge is 2.33. The van der Waals surface area contributed by atoms with Gasteiger partial charge in [-0.3, -0.25) is 4.79 Å². The first-order valence-corrected chi connectivity index (χ1v) is 11.2. The number of carbonyl (C=O) groups is 1. The summed E-state index contributed by atoms with van der Waals surface area (Å²) in [6.07, 6.45) is 2.36. The molecule has 10 heteroatoms. The van der Waals surface area contributed by atoms with E-state index in [9.17, 15) is 13.2 Å². The number of nitrogens with one attached hydrogen (secondary N) is 1. The minimum Gasteiger partial charge on any atom is -0.493 e. The number of amides is 1. The lowest BCUT2D eigenvalue weighted by Crippen LogP contribution is -2.35. The van der Waals surface area contributed by atoms with Gasteiger partial charge in [-0.15, -0.1) is 11.3 Å². The molecule has 0 atom stereocenters. The second-order valence-electron chi connectivity index (χ2n) is 6.76. The number of fused-ring (bicyclic) bond motifs is 1. The van der Waals surface area contributed by atoms with Crippen LogP contribution in [0.5, 0.6) is 11.5 Å². The largest absolute Gasteiger partial charge is 0.493 e. The zero-order valence-electron chi connectivity index (χ0n) is 15.6. The number of rotatable bonds is 6. The van der Waals surface area contributed by atoms with Gasteiger partial charge in [0.15, 0.2) is 16.6 Å². The smallest absolute Gasteiger partial charge is 0.243 e. The molecule has 8 nitrogen and oxygen atoms in total. The summed E-state index contributed by atoms with van der Waals surface area (Å²) >= 11 is 1.34. The van der Waals surface area contributed by atoms with E-state index >= 15 is 0 Å². The molecular weight excluding hydrogens is 402 g/mol. The Balaban J connectivity index is 1.54. The van der Waals surface area contributed by atoms with Crippen LogP contribution in [0.3, 0.4) is 0 Å². The number of hydrogen-bond acceptors (Lipinski definition) is 7. The third-order valence-electron chi connectivity index (χ3n) is 4.87. The molecule has 1 aromatic heterocycles. The first kappa shape index (κ1) is 19.2. The number of aromatic nitrogens is 1. The van der Waals surface area contributed by atoms with Crippen molar-refractivity contribution in [2.75, 3.05) is 26.1 Å². The van der Waals surface area contributed by atoms with Crippen LogP contribution in [0.1, 0.15) is 23.4 Å². The van der Waals surface area contributed by atoms with E-state index in [4.69, 9.17) is 9.47 Å². The number of benzene rings is 1. The van der Waals surface area contributed by atoms with Gasteiger partial charge in [-0.05, 0) is 25.0 Å². The Labute approximate surface area is 167 Å². The molecule has 2 aliphatic rings. The predicted molar refractivity (Wildman–Crippen MR) is 104 cm³/mol.